The van der Waals surface area contributed by atoms with Crippen LogP contribution in [0.4, 0.5) is 0 Å². The molecule has 2 aliphatic rings. The van der Waals surface area contributed by atoms with Crippen LogP contribution in [0.25, 0.3) is 0 Å². The van der Waals surface area contributed by atoms with Crippen molar-refractivity contribution in [2.24, 2.45) is 11.8 Å². The molecule has 0 nitrogen and oxygen atoms in total. The number of halogens is 2. The second kappa shape index (κ2) is 2.03. The van der Waals surface area contributed by atoms with Crippen molar-refractivity contribution in [1.29, 1.82) is 0 Å². The quantitative estimate of drug-likeness (QED) is 0.484. The minimum absolute atomic E-state index is 0.283. The summed E-state index contributed by atoms with van der Waals surface area (Å²) in [5, 5.41) is 0.566. The van der Waals surface area contributed by atoms with E-state index in [-0.39, 0.29) is 10.8 Å². The van der Waals surface area contributed by atoms with Gasteiger partial charge < -0.3 is 0 Å². The Morgan fingerprint density at radius 3 is 1.56 bits per heavy atom. The fraction of sp³-hybridized carbons (Fsp3) is 1.00. The molecule has 4 atom stereocenters. The fourth-order valence-corrected chi connectivity index (χ4v) is 3.02. The van der Waals surface area contributed by atoms with Gasteiger partial charge in [0.05, 0.1) is 10.8 Å². The van der Waals surface area contributed by atoms with Gasteiger partial charge >= 0.3 is 0 Å². The smallest absolute Gasteiger partial charge is 0.0530 e. The third-order valence-corrected chi connectivity index (χ3v) is 4.10. The van der Waals surface area contributed by atoms with Crippen LogP contribution in [-0.2, 0) is 0 Å². The largest absolute Gasteiger partial charge is 0.121 e. The second-order valence-electron chi connectivity index (χ2n) is 3.22. The van der Waals surface area contributed by atoms with E-state index in [1.165, 1.54) is 19.3 Å². The van der Waals surface area contributed by atoms with Gasteiger partial charge in [0.15, 0.2) is 0 Å². The zero-order valence-electron chi connectivity index (χ0n) is 5.19. The third-order valence-electron chi connectivity index (χ3n) is 2.72. The summed E-state index contributed by atoms with van der Waals surface area (Å²) < 4.78 is 0. The van der Waals surface area contributed by atoms with E-state index in [1.807, 2.05) is 0 Å². The van der Waals surface area contributed by atoms with Crippen LogP contribution in [0.2, 0.25) is 0 Å². The van der Waals surface area contributed by atoms with Gasteiger partial charge in [-0.25, -0.2) is 0 Å². The van der Waals surface area contributed by atoms with E-state index in [2.05, 4.69) is 0 Å². The van der Waals surface area contributed by atoms with Crippen molar-refractivity contribution in [1.82, 2.24) is 0 Å². The van der Waals surface area contributed by atoms with Crippen LogP contribution in [0.15, 0.2) is 0 Å². The van der Waals surface area contributed by atoms with Gasteiger partial charge in [0, 0.05) is 0 Å². The summed E-state index contributed by atoms with van der Waals surface area (Å²) in [4.78, 5) is 0. The maximum atomic E-state index is 6.03. The van der Waals surface area contributed by atoms with Crippen molar-refractivity contribution >= 4 is 23.2 Å². The molecule has 0 amide bonds. The molecule has 0 N–H and O–H groups in total. The third kappa shape index (κ3) is 0.798. The summed E-state index contributed by atoms with van der Waals surface area (Å²) in [6, 6.07) is 0. The van der Waals surface area contributed by atoms with Crippen LogP contribution < -0.4 is 0 Å². The van der Waals surface area contributed by atoms with Gasteiger partial charge in [0.1, 0.15) is 0 Å². The van der Waals surface area contributed by atoms with Crippen molar-refractivity contribution < 1.29 is 0 Å². The van der Waals surface area contributed by atoms with Crippen LogP contribution in [0.3, 0.4) is 0 Å². The molecule has 0 aliphatic heterocycles. The summed E-state index contributed by atoms with van der Waals surface area (Å²) >= 11 is 12.1. The Labute approximate surface area is 65.5 Å². The molecule has 0 spiro atoms. The summed E-state index contributed by atoms with van der Waals surface area (Å²) in [5.41, 5.74) is 0. The lowest BCUT2D eigenvalue weighted by Gasteiger charge is -2.20. The Morgan fingerprint density at radius 2 is 1.33 bits per heavy atom. The molecule has 2 rings (SSSR count). The van der Waals surface area contributed by atoms with Crippen molar-refractivity contribution in [3.8, 4) is 0 Å². The van der Waals surface area contributed by atoms with E-state index in [0.717, 1.165) is 11.8 Å². The minimum Gasteiger partial charge on any atom is -0.121 e. The summed E-state index contributed by atoms with van der Waals surface area (Å²) in [7, 11) is 0. The van der Waals surface area contributed by atoms with Crippen molar-refractivity contribution in [2.75, 3.05) is 0 Å². The Bertz CT molecular complexity index is 106. The molecule has 2 heteroatoms. The molecule has 0 aromatic carbocycles. The van der Waals surface area contributed by atoms with Crippen molar-refractivity contribution in [3.63, 3.8) is 0 Å². The van der Waals surface area contributed by atoms with E-state index >= 15 is 0 Å². The molecule has 2 aliphatic carbocycles. The van der Waals surface area contributed by atoms with E-state index in [9.17, 15) is 0 Å². The zero-order chi connectivity index (χ0) is 6.43. The van der Waals surface area contributed by atoms with Gasteiger partial charge in [-0.1, -0.05) is 0 Å². The minimum atomic E-state index is 0.283. The fourth-order valence-electron chi connectivity index (χ4n) is 2.15. The topological polar surface area (TPSA) is 0 Å². The Hall–Kier alpha value is 0.580. The van der Waals surface area contributed by atoms with Crippen LogP contribution in [0.5, 0.6) is 0 Å². The first-order valence-corrected chi connectivity index (χ1v) is 4.44. The van der Waals surface area contributed by atoms with Gasteiger partial charge in [0.2, 0.25) is 0 Å². The molecule has 0 radical (unpaired) electrons. The highest BCUT2D eigenvalue weighted by Crippen LogP contribution is 2.49. The number of hydrogen-bond donors (Lipinski definition) is 0. The molecule has 9 heavy (non-hydrogen) atoms. The predicted molar refractivity (Wildman–Crippen MR) is 40.1 cm³/mol. The van der Waals surface area contributed by atoms with Crippen LogP contribution in [0, 0.1) is 11.8 Å². The first-order valence-electron chi connectivity index (χ1n) is 3.57. The van der Waals surface area contributed by atoms with Crippen molar-refractivity contribution in [2.45, 2.75) is 30.0 Å². The van der Waals surface area contributed by atoms with Gasteiger partial charge in [-0.2, -0.15) is 0 Å². The van der Waals surface area contributed by atoms with Gasteiger partial charge in [-0.15, -0.1) is 23.2 Å². The highest BCUT2D eigenvalue weighted by molar-refractivity contribution is 6.30. The number of alkyl halides is 2. The highest BCUT2D eigenvalue weighted by Gasteiger charge is 2.45. The van der Waals surface area contributed by atoms with Crippen LogP contribution in [0.1, 0.15) is 19.3 Å². The second-order valence-corrected chi connectivity index (χ2v) is 4.23. The maximum absolute atomic E-state index is 6.03. The Kier molecular flexibility index (Phi) is 1.42. The molecular weight excluding hydrogens is 155 g/mol. The molecule has 2 bridgehead atoms. The molecular formula is C7H10Cl2. The van der Waals surface area contributed by atoms with Crippen LogP contribution in [-0.4, -0.2) is 10.8 Å². The molecule has 0 unspecified atom stereocenters. The van der Waals surface area contributed by atoms with E-state index in [0.29, 0.717) is 0 Å². The monoisotopic (exact) mass is 164 g/mol. The van der Waals surface area contributed by atoms with Gasteiger partial charge in [0.25, 0.3) is 0 Å². The molecule has 2 fully saturated rings. The van der Waals surface area contributed by atoms with E-state index in [1.54, 1.807) is 0 Å². The van der Waals surface area contributed by atoms with E-state index < -0.39 is 0 Å². The first kappa shape index (κ1) is 6.30. The molecule has 0 aromatic rings. The predicted octanol–water partition coefficient (Wildman–Crippen LogP) is 2.63. The summed E-state index contributed by atoms with van der Waals surface area (Å²) in [6.45, 7) is 0. The molecule has 0 saturated heterocycles. The molecule has 0 heterocycles. The first-order chi connectivity index (χ1) is 4.29. The summed E-state index contributed by atoms with van der Waals surface area (Å²) in [5.74, 6) is 1.50. The van der Waals surface area contributed by atoms with E-state index in [4.69, 9.17) is 23.2 Å². The lowest BCUT2D eigenvalue weighted by Crippen LogP contribution is -2.22. The average molecular weight is 165 g/mol. The number of rotatable bonds is 0. The zero-order valence-corrected chi connectivity index (χ0v) is 6.70. The van der Waals surface area contributed by atoms with Gasteiger partial charge in [-0.05, 0) is 31.1 Å². The number of fused-ring (bicyclic) bond motifs is 2. The molecule has 52 valence electrons. The Morgan fingerprint density at radius 1 is 0.889 bits per heavy atom. The number of hydrogen-bond acceptors (Lipinski definition) is 0. The SMILES string of the molecule is Cl[C@@H]1[C@H]2CC[C@@H](C2)[C@H]1Cl. The Balaban J connectivity index is 2.15. The van der Waals surface area contributed by atoms with Gasteiger partial charge in [-0.3, -0.25) is 0 Å². The average Bonchev–Trinajstić information content (AvgIpc) is 2.37. The van der Waals surface area contributed by atoms with Crippen molar-refractivity contribution in [3.05, 3.63) is 0 Å². The highest BCUT2D eigenvalue weighted by atomic mass is 35.5. The lowest BCUT2D eigenvalue weighted by atomic mass is 10.00. The summed E-state index contributed by atoms with van der Waals surface area (Å²) in [6.07, 6.45) is 3.94. The maximum Gasteiger partial charge on any atom is 0.0530 e. The lowest BCUT2D eigenvalue weighted by molar-refractivity contribution is 0.494. The molecule has 2 saturated carbocycles. The van der Waals surface area contributed by atoms with Crippen LogP contribution >= 0.6 is 23.2 Å². The molecule has 0 aromatic heterocycles. The normalized spacial score (nSPS) is 56.7. The standard InChI is InChI=1S/C7H10Cl2/c8-6-4-1-2-5(3-4)7(6)9/h4-7H,1-3H2/t4-,5-,6+,7+/m0/s1.